The summed E-state index contributed by atoms with van der Waals surface area (Å²) >= 11 is 6.65. The molecule has 52 heavy (non-hydrogen) atoms. The number of aromatic nitrogens is 2. The van der Waals surface area contributed by atoms with Crippen molar-refractivity contribution < 1.29 is 33.3 Å². The number of nitrogens with zero attached hydrogens (tertiary/aromatic N) is 3. The first kappa shape index (κ1) is 39.0. The molecule has 6 atom stereocenters. The molecule has 0 N–H and O–H groups in total. The highest BCUT2D eigenvalue weighted by Crippen LogP contribution is 2.41. The third kappa shape index (κ3) is 9.82. The lowest BCUT2D eigenvalue weighted by atomic mass is 9.77. The van der Waals surface area contributed by atoms with Crippen LogP contribution >= 0.6 is 11.6 Å². The predicted molar refractivity (Wildman–Crippen MR) is 200 cm³/mol. The zero-order valence-electron chi connectivity index (χ0n) is 31.4. The third-order valence-corrected chi connectivity index (χ3v) is 9.99. The number of methoxy groups -OCH3 is 1. The molecular formula is C41H52ClN3O7. The monoisotopic (exact) mass is 733 g/mol. The van der Waals surface area contributed by atoms with Crippen LogP contribution in [0, 0.1) is 23.2 Å². The van der Waals surface area contributed by atoms with E-state index in [0.29, 0.717) is 29.1 Å². The van der Waals surface area contributed by atoms with Crippen molar-refractivity contribution in [2.75, 3.05) is 13.7 Å². The van der Waals surface area contributed by atoms with Gasteiger partial charge < -0.3 is 23.8 Å². The topological polar surface area (TPSA) is 117 Å². The van der Waals surface area contributed by atoms with Gasteiger partial charge in [-0.25, -0.2) is 14.8 Å². The number of carbonyl (C=O) groups excluding carboxylic acids is 3. The van der Waals surface area contributed by atoms with Crippen molar-refractivity contribution in [3.8, 4) is 11.6 Å². The first-order valence-corrected chi connectivity index (χ1v) is 18.5. The molecule has 5 rings (SSSR count). The first-order valence-electron chi connectivity index (χ1n) is 18.1. The van der Waals surface area contributed by atoms with Crippen LogP contribution in [0.4, 0.5) is 0 Å². The predicted octanol–water partition coefficient (Wildman–Crippen LogP) is 7.79. The van der Waals surface area contributed by atoms with Crippen LogP contribution in [0.1, 0.15) is 79.2 Å². The Morgan fingerprint density at radius 1 is 1.02 bits per heavy atom. The summed E-state index contributed by atoms with van der Waals surface area (Å²) in [6, 6.07) is 14.0. The van der Waals surface area contributed by atoms with Crippen molar-refractivity contribution in [1.82, 2.24) is 14.9 Å². The number of ether oxygens (including phenoxy) is 4. The number of fused-ring (bicyclic) bond motifs is 1. The van der Waals surface area contributed by atoms with E-state index in [0.717, 1.165) is 31.2 Å². The number of amides is 1. The van der Waals surface area contributed by atoms with Crippen molar-refractivity contribution in [3.05, 3.63) is 71.9 Å². The van der Waals surface area contributed by atoms with Gasteiger partial charge in [0.2, 0.25) is 5.91 Å². The fourth-order valence-electron chi connectivity index (χ4n) is 6.90. The minimum atomic E-state index is -1.03. The standard InChI is InChI=1S/C41H52ClN3O7/c1-9-10-12-17-26-21-32(26)50-34(46)23-29(40(2,3)4)38(47)45-24-33(51-37-36(42)43-30-19-18-27(49-8)22-31(30)44-37)28(20-25-15-13-11-14-16-25)35(45)39(48)52-41(5,6)7/h9,11,13-16,18-19,22,26,28-29,32-33,35H,1,10,12,17,20-21,23-24H2,2-8H3/t26-,28-,29-,32-,33+,35+/m1/s1. The summed E-state index contributed by atoms with van der Waals surface area (Å²) in [6.07, 6.45) is 5.05. The van der Waals surface area contributed by atoms with Crippen LogP contribution in [-0.4, -0.2) is 70.2 Å². The van der Waals surface area contributed by atoms with E-state index in [4.69, 9.17) is 30.5 Å². The van der Waals surface area contributed by atoms with Gasteiger partial charge in [0, 0.05) is 12.0 Å². The smallest absolute Gasteiger partial charge is 0.329 e. The Labute approximate surface area is 312 Å². The van der Waals surface area contributed by atoms with Crippen LogP contribution in [0.3, 0.4) is 0 Å². The summed E-state index contributed by atoms with van der Waals surface area (Å²) in [6.45, 7) is 15.0. The molecule has 2 heterocycles. The second kappa shape index (κ2) is 16.2. The molecule has 1 amide bonds. The average molecular weight is 734 g/mol. The summed E-state index contributed by atoms with van der Waals surface area (Å²) in [5, 5.41) is 0.0490. The first-order chi connectivity index (χ1) is 24.6. The number of rotatable bonds is 14. The van der Waals surface area contributed by atoms with E-state index in [2.05, 4.69) is 16.5 Å². The molecule has 0 spiro atoms. The Kier molecular flexibility index (Phi) is 12.2. The van der Waals surface area contributed by atoms with Gasteiger partial charge in [-0.15, -0.1) is 6.58 Å². The largest absolute Gasteiger partial charge is 0.497 e. The number of halogens is 1. The minimum Gasteiger partial charge on any atom is -0.497 e. The number of carbonyl (C=O) groups is 3. The molecule has 1 aliphatic heterocycles. The zero-order chi connectivity index (χ0) is 37.8. The molecule has 0 unspecified atom stereocenters. The molecule has 0 bridgehead atoms. The van der Waals surface area contributed by atoms with Crippen LogP contribution < -0.4 is 9.47 Å². The SMILES string of the molecule is C=CCCC[C@@H]1C[C@H]1OC(=O)C[C@H](C(=O)N1C[C@H](Oc2nc3cc(OC)ccc3nc2Cl)[C@@H](Cc2ccccc2)[C@H]1C(=O)OC(C)(C)C)C(C)(C)C. The van der Waals surface area contributed by atoms with Gasteiger partial charge in [0.25, 0.3) is 5.88 Å². The van der Waals surface area contributed by atoms with E-state index in [9.17, 15) is 14.4 Å². The molecule has 2 fully saturated rings. The number of hydrogen-bond donors (Lipinski definition) is 0. The molecule has 280 valence electrons. The lowest BCUT2D eigenvalue weighted by molar-refractivity contribution is -0.167. The van der Waals surface area contributed by atoms with Crippen molar-refractivity contribution in [2.24, 2.45) is 23.2 Å². The highest BCUT2D eigenvalue weighted by atomic mass is 35.5. The number of esters is 2. The Morgan fingerprint density at radius 2 is 1.75 bits per heavy atom. The van der Waals surface area contributed by atoms with Gasteiger partial charge in [-0.1, -0.05) is 68.8 Å². The summed E-state index contributed by atoms with van der Waals surface area (Å²) in [5.74, 6) is -1.65. The average Bonchev–Trinajstić information content (AvgIpc) is 3.71. The number of allylic oxidation sites excluding steroid dienone is 1. The van der Waals surface area contributed by atoms with Gasteiger partial charge in [0.1, 0.15) is 29.6 Å². The Hall–Kier alpha value is -4.18. The molecular weight excluding hydrogens is 682 g/mol. The lowest BCUT2D eigenvalue weighted by Crippen LogP contribution is -2.50. The second-order valence-electron chi connectivity index (χ2n) is 16.0. The van der Waals surface area contributed by atoms with E-state index in [1.54, 1.807) is 46.1 Å². The van der Waals surface area contributed by atoms with Crippen LogP contribution in [0.5, 0.6) is 11.6 Å². The second-order valence-corrected chi connectivity index (χ2v) is 16.4. The van der Waals surface area contributed by atoms with Gasteiger partial charge >= 0.3 is 11.9 Å². The third-order valence-electron chi connectivity index (χ3n) is 9.74. The molecule has 2 aliphatic rings. The highest BCUT2D eigenvalue weighted by molar-refractivity contribution is 6.31. The van der Waals surface area contributed by atoms with Crippen LogP contribution in [0.15, 0.2) is 61.2 Å². The van der Waals surface area contributed by atoms with Crippen LogP contribution in [-0.2, 0) is 30.3 Å². The molecule has 2 aromatic carbocycles. The van der Waals surface area contributed by atoms with E-state index in [1.807, 2.05) is 57.2 Å². The molecule has 3 aromatic rings. The van der Waals surface area contributed by atoms with E-state index in [1.165, 1.54) is 4.90 Å². The molecule has 1 aromatic heterocycles. The van der Waals surface area contributed by atoms with Gasteiger partial charge in [0.05, 0.1) is 37.0 Å². The Balaban J connectivity index is 1.48. The van der Waals surface area contributed by atoms with Crippen LogP contribution in [0.2, 0.25) is 5.15 Å². The van der Waals surface area contributed by atoms with Crippen molar-refractivity contribution in [3.63, 3.8) is 0 Å². The quantitative estimate of drug-likeness (QED) is 0.0930. The highest BCUT2D eigenvalue weighted by Gasteiger charge is 2.53. The van der Waals surface area contributed by atoms with Gasteiger partial charge in [-0.3, -0.25) is 9.59 Å². The molecule has 10 nitrogen and oxygen atoms in total. The van der Waals surface area contributed by atoms with E-state index >= 15 is 0 Å². The molecule has 0 radical (unpaired) electrons. The zero-order valence-corrected chi connectivity index (χ0v) is 32.2. The normalized spacial score (nSPS) is 22.1. The maximum atomic E-state index is 14.8. The summed E-state index contributed by atoms with van der Waals surface area (Å²) in [7, 11) is 1.57. The fraction of sp³-hybridized carbons (Fsp3) is 0.537. The number of likely N-dealkylation sites (tertiary alicyclic amines) is 1. The number of unbranched alkanes of at least 4 members (excludes halogenated alkanes) is 1. The molecule has 1 saturated carbocycles. The van der Waals surface area contributed by atoms with Crippen molar-refractivity contribution >= 4 is 40.5 Å². The Bertz CT molecular complexity index is 1750. The maximum absolute atomic E-state index is 14.8. The molecule has 1 aliphatic carbocycles. The summed E-state index contributed by atoms with van der Waals surface area (Å²) < 4.78 is 23.8. The lowest BCUT2D eigenvalue weighted by Gasteiger charge is -2.35. The Morgan fingerprint density at radius 3 is 2.40 bits per heavy atom. The van der Waals surface area contributed by atoms with Gasteiger partial charge in [0.15, 0.2) is 5.15 Å². The fourth-order valence-corrected chi connectivity index (χ4v) is 7.08. The summed E-state index contributed by atoms with van der Waals surface area (Å²) in [5.41, 5.74) is 0.559. The van der Waals surface area contributed by atoms with Gasteiger partial charge in [-0.05, 0) is 81.9 Å². The van der Waals surface area contributed by atoms with Crippen molar-refractivity contribution in [2.45, 2.75) is 104 Å². The van der Waals surface area contributed by atoms with E-state index < -0.39 is 46.9 Å². The van der Waals surface area contributed by atoms with Crippen molar-refractivity contribution in [1.29, 1.82) is 0 Å². The maximum Gasteiger partial charge on any atom is 0.329 e. The summed E-state index contributed by atoms with van der Waals surface area (Å²) in [4.78, 5) is 53.2. The number of benzene rings is 2. The number of hydrogen-bond acceptors (Lipinski definition) is 9. The van der Waals surface area contributed by atoms with E-state index in [-0.39, 0.29) is 36.0 Å². The van der Waals surface area contributed by atoms with Gasteiger partial charge in [-0.2, -0.15) is 0 Å². The molecule has 1 saturated heterocycles. The van der Waals surface area contributed by atoms with Crippen LogP contribution in [0.25, 0.3) is 11.0 Å². The minimum absolute atomic E-state index is 0.0318. The molecule has 11 heteroatoms.